The maximum absolute atomic E-state index is 12.5. The fraction of sp³-hybridized carbons (Fsp3) is 0.538. The second-order valence-electron chi connectivity index (χ2n) is 5.46. The first kappa shape index (κ1) is 14.1. The summed E-state index contributed by atoms with van der Waals surface area (Å²) >= 11 is 5.91. The summed E-state index contributed by atoms with van der Waals surface area (Å²) in [7, 11) is -3.64. The van der Waals surface area contributed by atoms with Crippen molar-refractivity contribution < 1.29 is 13.2 Å². The van der Waals surface area contributed by atoms with Gasteiger partial charge in [0.25, 0.3) is 0 Å². The molecule has 110 valence electrons. The molecule has 0 aromatic heterocycles. The average molecular weight is 317 g/mol. The lowest BCUT2D eigenvalue weighted by atomic mass is 9.96. The standard InChI is InChI=1S/C13H17ClN2O3S/c1-7-10(15)4-8(14)5-13(7)20(17,18)16-11-6-9-2-3-12(11)19-9/h4-5,9,11-12,16H,2-3,6,15H2,1H3. The summed E-state index contributed by atoms with van der Waals surface area (Å²) in [5, 5.41) is 0.317. The highest BCUT2D eigenvalue weighted by Gasteiger charge is 2.42. The normalized spacial score (nSPS) is 29.0. The quantitative estimate of drug-likeness (QED) is 0.834. The fourth-order valence-electron chi connectivity index (χ4n) is 2.98. The Labute approximate surface area is 123 Å². The molecular formula is C13H17ClN2O3S. The van der Waals surface area contributed by atoms with E-state index in [1.54, 1.807) is 13.0 Å². The third kappa shape index (κ3) is 2.41. The maximum Gasteiger partial charge on any atom is 0.241 e. The van der Waals surface area contributed by atoms with Gasteiger partial charge in [-0.05, 0) is 43.9 Å². The average Bonchev–Trinajstić information content (AvgIpc) is 2.95. The molecule has 0 aliphatic carbocycles. The SMILES string of the molecule is Cc1c(N)cc(Cl)cc1S(=O)(=O)NC1CC2CCC1O2. The van der Waals surface area contributed by atoms with Crippen molar-refractivity contribution in [2.45, 2.75) is 49.3 Å². The second kappa shape index (κ2) is 4.87. The number of halogens is 1. The van der Waals surface area contributed by atoms with Crippen LogP contribution in [0.2, 0.25) is 5.02 Å². The van der Waals surface area contributed by atoms with E-state index in [0.717, 1.165) is 19.3 Å². The largest absolute Gasteiger partial charge is 0.398 e. The minimum absolute atomic E-state index is 0.00777. The van der Waals surface area contributed by atoms with Crippen LogP contribution in [0.15, 0.2) is 17.0 Å². The number of sulfonamides is 1. The smallest absolute Gasteiger partial charge is 0.241 e. The van der Waals surface area contributed by atoms with E-state index < -0.39 is 10.0 Å². The Bertz CT molecular complexity index is 647. The number of ether oxygens (including phenoxy) is 1. The molecule has 3 N–H and O–H groups in total. The van der Waals surface area contributed by atoms with Crippen LogP contribution < -0.4 is 10.5 Å². The molecule has 1 aromatic carbocycles. The van der Waals surface area contributed by atoms with Gasteiger partial charge in [-0.2, -0.15) is 0 Å². The lowest BCUT2D eigenvalue weighted by molar-refractivity contribution is 0.0996. The third-order valence-electron chi connectivity index (χ3n) is 4.07. The molecule has 2 bridgehead atoms. The molecule has 2 heterocycles. The second-order valence-corrected chi connectivity index (χ2v) is 7.57. The lowest BCUT2D eigenvalue weighted by Gasteiger charge is -2.21. The predicted molar refractivity (Wildman–Crippen MR) is 77.2 cm³/mol. The molecule has 2 saturated heterocycles. The Balaban J connectivity index is 1.89. The van der Waals surface area contributed by atoms with Crippen molar-refractivity contribution in [3.63, 3.8) is 0 Å². The minimum Gasteiger partial charge on any atom is -0.398 e. The van der Waals surface area contributed by atoms with Gasteiger partial charge in [0.1, 0.15) is 0 Å². The summed E-state index contributed by atoms with van der Waals surface area (Å²) in [5.41, 5.74) is 6.68. The Hall–Kier alpha value is -0.820. The van der Waals surface area contributed by atoms with Gasteiger partial charge in [-0.15, -0.1) is 0 Å². The van der Waals surface area contributed by atoms with Crippen molar-refractivity contribution in [1.29, 1.82) is 0 Å². The predicted octanol–water partition coefficient (Wildman–Crippen LogP) is 1.83. The zero-order valence-electron chi connectivity index (χ0n) is 11.1. The van der Waals surface area contributed by atoms with Gasteiger partial charge in [-0.1, -0.05) is 11.6 Å². The van der Waals surface area contributed by atoms with Gasteiger partial charge in [0.2, 0.25) is 10.0 Å². The van der Waals surface area contributed by atoms with E-state index in [4.69, 9.17) is 22.1 Å². The number of nitrogens with two attached hydrogens (primary N) is 1. The molecule has 0 amide bonds. The van der Waals surface area contributed by atoms with Crippen LogP contribution in [0.5, 0.6) is 0 Å². The van der Waals surface area contributed by atoms with Crippen molar-refractivity contribution in [2.24, 2.45) is 0 Å². The van der Waals surface area contributed by atoms with Gasteiger partial charge in [-0.3, -0.25) is 0 Å². The summed E-state index contributed by atoms with van der Waals surface area (Å²) in [6.07, 6.45) is 2.85. The van der Waals surface area contributed by atoms with Crippen molar-refractivity contribution in [3.05, 3.63) is 22.7 Å². The van der Waals surface area contributed by atoms with E-state index in [1.165, 1.54) is 6.07 Å². The van der Waals surface area contributed by atoms with Crippen LogP contribution in [0.3, 0.4) is 0 Å². The highest BCUT2D eigenvalue weighted by atomic mass is 35.5. The maximum atomic E-state index is 12.5. The van der Waals surface area contributed by atoms with Gasteiger partial charge >= 0.3 is 0 Å². The number of rotatable bonds is 3. The highest BCUT2D eigenvalue weighted by molar-refractivity contribution is 7.89. The molecule has 3 rings (SSSR count). The zero-order valence-corrected chi connectivity index (χ0v) is 12.7. The summed E-state index contributed by atoms with van der Waals surface area (Å²) in [6, 6.07) is 2.83. The molecule has 3 atom stereocenters. The number of nitrogens with one attached hydrogen (secondary N) is 1. The van der Waals surface area contributed by atoms with Crippen molar-refractivity contribution >= 4 is 27.3 Å². The molecule has 0 saturated carbocycles. The van der Waals surface area contributed by atoms with Crippen LogP contribution in [-0.4, -0.2) is 26.7 Å². The Morgan fingerprint density at radius 2 is 2.15 bits per heavy atom. The van der Waals surface area contributed by atoms with Gasteiger partial charge < -0.3 is 10.5 Å². The number of fused-ring (bicyclic) bond motifs is 2. The van der Waals surface area contributed by atoms with Gasteiger partial charge in [0.05, 0.1) is 23.1 Å². The first-order valence-corrected chi connectivity index (χ1v) is 8.46. The number of hydrogen-bond acceptors (Lipinski definition) is 4. The first-order chi connectivity index (χ1) is 9.37. The molecule has 1 aromatic rings. The van der Waals surface area contributed by atoms with E-state index in [-0.39, 0.29) is 23.1 Å². The van der Waals surface area contributed by atoms with E-state index >= 15 is 0 Å². The van der Waals surface area contributed by atoms with E-state index in [1.807, 2.05) is 0 Å². The van der Waals surface area contributed by atoms with Crippen LogP contribution in [0.4, 0.5) is 5.69 Å². The molecule has 2 aliphatic rings. The summed E-state index contributed by atoms with van der Waals surface area (Å²) in [4.78, 5) is 0.144. The van der Waals surface area contributed by atoms with Crippen LogP contribution in [0, 0.1) is 6.92 Å². The molecule has 7 heteroatoms. The highest BCUT2D eigenvalue weighted by Crippen LogP contribution is 2.35. The lowest BCUT2D eigenvalue weighted by Crippen LogP contribution is -2.41. The van der Waals surface area contributed by atoms with Gasteiger partial charge in [-0.25, -0.2) is 13.1 Å². The van der Waals surface area contributed by atoms with Crippen LogP contribution in [-0.2, 0) is 14.8 Å². The van der Waals surface area contributed by atoms with Crippen molar-refractivity contribution in [2.75, 3.05) is 5.73 Å². The number of nitrogen functional groups attached to an aromatic ring is 1. The van der Waals surface area contributed by atoms with E-state index in [2.05, 4.69) is 4.72 Å². The van der Waals surface area contributed by atoms with Gasteiger partial charge in [0.15, 0.2) is 0 Å². The van der Waals surface area contributed by atoms with E-state index in [0.29, 0.717) is 16.3 Å². The molecule has 0 spiro atoms. The molecule has 0 radical (unpaired) electrons. The number of anilines is 1. The molecule has 3 unspecified atom stereocenters. The molecule has 2 fully saturated rings. The molecule has 20 heavy (non-hydrogen) atoms. The summed E-state index contributed by atoms with van der Waals surface area (Å²) in [5.74, 6) is 0. The first-order valence-electron chi connectivity index (χ1n) is 6.60. The number of benzene rings is 1. The van der Waals surface area contributed by atoms with Crippen LogP contribution in [0.1, 0.15) is 24.8 Å². The minimum atomic E-state index is -3.64. The fourth-order valence-corrected chi connectivity index (χ4v) is 4.85. The number of hydrogen-bond donors (Lipinski definition) is 2. The zero-order chi connectivity index (χ0) is 14.5. The van der Waals surface area contributed by atoms with Crippen LogP contribution >= 0.6 is 11.6 Å². The summed E-state index contributed by atoms with van der Waals surface area (Å²) in [6.45, 7) is 1.68. The third-order valence-corrected chi connectivity index (χ3v) is 5.90. The van der Waals surface area contributed by atoms with Crippen molar-refractivity contribution in [3.8, 4) is 0 Å². The van der Waals surface area contributed by atoms with E-state index in [9.17, 15) is 8.42 Å². The topological polar surface area (TPSA) is 81.4 Å². The van der Waals surface area contributed by atoms with Gasteiger partial charge in [0, 0.05) is 10.7 Å². The molecular weight excluding hydrogens is 300 g/mol. The molecule has 2 aliphatic heterocycles. The molecule has 5 nitrogen and oxygen atoms in total. The van der Waals surface area contributed by atoms with Crippen LogP contribution in [0.25, 0.3) is 0 Å². The Morgan fingerprint density at radius 3 is 2.75 bits per heavy atom. The van der Waals surface area contributed by atoms with Crippen molar-refractivity contribution in [1.82, 2.24) is 4.72 Å². The Kier molecular flexibility index (Phi) is 3.44. The Morgan fingerprint density at radius 1 is 1.40 bits per heavy atom. The summed E-state index contributed by atoms with van der Waals surface area (Å²) < 4.78 is 33.4. The monoisotopic (exact) mass is 316 g/mol.